The van der Waals surface area contributed by atoms with E-state index in [1.165, 1.54) is 12.1 Å². The number of rotatable bonds is 3. The predicted octanol–water partition coefficient (Wildman–Crippen LogP) is 3.89. The Morgan fingerprint density at radius 2 is 1.78 bits per heavy atom. The van der Waals surface area contributed by atoms with Crippen molar-refractivity contribution in [3.63, 3.8) is 0 Å². The molecule has 0 fully saturated rings. The molecular weight excluding hydrogens is 227 g/mol. The molecule has 0 saturated carbocycles. The van der Waals surface area contributed by atoms with Crippen molar-refractivity contribution < 1.29 is 4.39 Å². The summed E-state index contributed by atoms with van der Waals surface area (Å²) in [5, 5.41) is 3.38. The Morgan fingerprint density at radius 3 is 2.44 bits per heavy atom. The minimum atomic E-state index is -0.217. The lowest BCUT2D eigenvalue weighted by Gasteiger charge is -2.18. The molecule has 2 aromatic rings. The zero-order valence-electron chi connectivity index (χ0n) is 10.6. The van der Waals surface area contributed by atoms with E-state index < -0.39 is 0 Å². The molecule has 0 aliphatic carbocycles. The van der Waals surface area contributed by atoms with E-state index in [0.29, 0.717) is 0 Å². The third-order valence-electron chi connectivity index (χ3n) is 3.00. The first-order valence-corrected chi connectivity index (χ1v) is 5.94. The Balaban J connectivity index is 2.18. The minimum Gasteiger partial charge on any atom is -0.399 e. The van der Waals surface area contributed by atoms with Gasteiger partial charge in [-0.2, -0.15) is 0 Å². The summed E-state index contributed by atoms with van der Waals surface area (Å²) in [7, 11) is 0. The van der Waals surface area contributed by atoms with Crippen molar-refractivity contribution >= 4 is 11.4 Å². The van der Waals surface area contributed by atoms with E-state index in [9.17, 15) is 4.39 Å². The van der Waals surface area contributed by atoms with Crippen molar-refractivity contribution in [3.8, 4) is 0 Å². The van der Waals surface area contributed by atoms with Crippen molar-refractivity contribution in [2.24, 2.45) is 0 Å². The van der Waals surface area contributed by atoms with E-state index in [1.807, 2.05) is 32.0 Å². The summed E-state index contributed by atoms with van der Waals surface area (Å²) >= 11 is 0. The molecule has 2 nitrogen and oxygen atoms in total. The molecule has 0 saturated heterocycles. The van der Waals surface area contributed by atoms with Gasteiger partial charge in [0.15, 0.2) is 0 Å². The Bertz CT molecular complexity index is 535. The fraction of sp³-hybridized carbons (Fsp3) is 0.200. The van der Waals surface area contributed by atoms with Gasteiger partial charge in [0.1, 0.15) is 5.82 Å². The molecule has 2 aromatic carbocycles. The molecule has 3 N–H and O–H groups in total. The van der Waals surface area contributed by atoms with Crippen LogP contribution < -0.4 is 11.1 Å². The van der Waals surface area contributed by atoms with Gasteiger partial charge in [-0.1, -0.05) is 18.2 Å². The van der Waals surface area contributed by atoms with Gasteiger partial charge >= 0.3 is 0 Å². The quantitative estimate of drug-likeness (QED) is 0.804. The molecule has 0 bridgehead atoms. The first kappa shape index (κ1) is 12.4. The number of aryl methyl sites for hydroxylation is 1. The molecule has 2 rings (SSSR count). The normalized spacial score (nSPS) is 12.2. The summed E-state index contributed by atoms with van der Waals surface area (Å²) in [6.07, 6.45) is 0. The molecule has 0 aromatic heterocycles. The summed E-state index contributed by atoms with van der Waals surface area (Å²) in [6.45, 7) is 4.06. The summed E-state index contributed by atoms with van der Waals surface area (Å²) < 4.78 is 12.9. The maximum absolute atomic E-state index is 12.9. The largest absolute Gasteiger partial charge is 0.399 e. The van der Waals surface area contributed by atoms with Crippen molar-refractivity contribution in [2.45, 2.75) is 19.9 Å². The topological polar surface area (TPSA) is 38.0 Å². The van der Waals surface area contributed by atoms with Crippen molar-refractivity contribution in [1.82, 2.24) is 0 Å². The van der Waals surface area contributed by atoms with Crippen molar-refractivity contribution in [1.29, 1.82) is 0 Å². The summed E-state index contributed by atoms with van der Waals surface area (Å²) in [5.74, 6) is -0.217. The minimum absolute atomic E-state index is 0.103. The molecule has 3 heteroatoms. The molecule has 18 heavy (non-hydrogen) atoms. The first-order chi connectivity index (χ1) is 8.56. The lowest BCUT2D eigenvalue weighted by molar-refractivity contribution is 0.626. The summed E-state index contributed by atoms with van der Waals surface area (Å²) in [4.78, 5) is 0. The number of hydrogen-bond donors (Lipinski definition) is 2. The van der Waals surface area contributed by atoms with Gasteiger partial charge < -0.3 is 11.1 Å². The van der Waals surface area contributed by atoms with Crippen molar-refractivity contribution in [2.75, 3.05) is 11.1 Å². The number of nitrogens with two attached hydrogens (primary N) is 1. The Kier molecular flexibility index (Phi) is 3.51. The van der Waals surface area contributed by atoms with Crippen molar-refractivity contribution in [3.05, 3.63) is 59.4 Å². The van der Waals surface area contributed by atoms with Gasteiger partial charge in [-0.15, -0.1) is 0 Å². The van der Waals surface area contributed by atoms with Gasteiger partial charge in [0.2, 0.25) is 0 Å². The number of anilines is 2. The fourth-order valence-electron chi connectivity index (χ4n) is 1.86. The summed E-state index contributed by atoms with van der Waals surface area (Å²) in [6, 6.07) is 12.4. The maximum atomic E-state index is 12.9. The second-order valence-corrected chi connectivity index (χ2v) is 4.49. The van der Waals surface area contributed by atoms with Crippen LogP contribution in [-0.2, 0) is 0 Å². The van der Waals surface area contributed by atoms with Crippen LogP contribution in [0.5, 0.6) is 0 Å². The highest BCUT2D eigenvalue weighted by atomic mass is 19.1. The van der Waals surface area contributed by atoms with Gasteiger partial charge in [0.05, 0.1) is 0 Å². The van der Waals surface area contributed by atoms with E-state index >= 15 is 0 Å². The second kappa shape index (κ2) is 5.08. The van der Waals surface area contributed by atoms with E-state index in [2.05, 4.69) is 5.32 Å². The first-order valence-electron chi connectivity index (χ1n) is 5.94. The number of benzene rings is 2. The van der Waals surface area contributed by atoms with Crippen LogP contribution in [0.4, 0.5) is 15.8 Å². The van der Waals surface area contributed by atoms with Crippen LogP contribution in [0.15, 0.2) is 42.5 Å². The molecule has 0 heterocycles. The third-order valence-corrected chi connectivity index (χ3v) is 3.00. The average molecular weight is 244 g/mol. The number of nitrogen functional groups attached to an aromatic ring is 1. The van der Waals surface area contributed by atoms with Gasteiger partial charge in [-0.05, 0) is 49.2 Å². The van der Waals surface area contributed by atoms with E-state index in [1.54, 1.807) is 12.1 Å². The maximum Gasteiger partial charge on any atom is 0.123 e. The van der Waals surface area contributed by atoms with Crippen LogP contribution in [0.1, 0.15) is 24.1 Å². The van der Waals surface area contributed by atoms with E-state index in [0.717, 1.165) is 22.5 Å². The molecule has 0 spiro atoms. The van der Waals surface area contributed by atoms with Crippen LogP contribution in [-0.4, -0.2) is 0 Å². The monoisotopic (exact) mass is 244 g/mol. The van der Waals surface area contributed by atoms with Crippen LogP contribution in [0, 0.1) is 12.7 Å². The van der Waals surface area contributed by atoms with Crippen LogP contribution in [0.25, 0.3) is 0 Å². The number of halogens is 1. The molecule has 94 valence electrons. The lowest BCUT2D eigenvalue weighted by Crippen LogP contribution is -2.08. The molecule has 1 unspecified atom stereocenters. The molecule has 0 radical (unpaired) electrons. The zero-order chi connectivity index (χ0) is 13.1. The van der Waals surface area contributed by atoms with Crippen LogP contribution in [0.2, 0.25) is 0 Å². The van der Waals surface area contributed by atoms with Gasteiger partial charge in [0, 0.05) is 17.4 Å². The molecule has 0 aliphatic heterocycles. The second-order valence-electron chi connectivity index (χ2n) is 4.49. The SMILES string of the molecule is Cc1ccc(N)cc1NC(C)c1ccc(F)cc1. The number of hydrogen-bond acceptors (Lipinski definition) is 2. The lowest BCUT2D eigenvalue weighted by atomic mass is 10.1. The average Bonchev–Trinajstić information content (AvgIpc) is 2.34. The highest BCUT2D eigenvalue weighted by molar-refractivity contribution is 5.60. The molecule has 1 atom stereocenters. The van der Waals surface area contributed by atoms with Gasteiger partial charge in [-0.3, -0.25) is 0 Å². The highest BCUT2D eigenvalue weighted by Crippen LogP contribution is 2.24. The Labute approximate surface area is 107 Å². The van der Waals surface area contributed by atoms with Crippen LogP contribution >= 0.6 is 0 Å². The summed E-state index contributed by atoms with van der Waals surface area (Å²) in [5.41, 5.74) is 9.69. The number of nitrogens with one attached hydrogen (secondary N) is 1. The Morgan fingerprint density at radius 1 is 1.11 bits per heavy atom. The van der Waals surface area contributed by atoms with Crippen LogP contribution in [0.3, 0.4) is 0 Å². The van der Waals surface area contributed by atoms with E-state index in [4.69, 9.17) is 5.73 Å². The molecule has 0 amide bonds. The smallest absolute Gasteiger partial charge is 0.123 e. The highest BCUT2D eigenvalue weighted by Gasteiger charge is 2.07. The van der Waals surface area contributed by atoms with E-state index in [-0.39, 0.29) is 11.9 Å². The third kappa shape index (κ3) is 2.80. The molecule has 0 aliphatic rings. The van der Waals surface area contributed by atoms with Gasteiger partial charge in [-0.25, -0.2) is 4.39 Å². The zero-order valence-corrected chi connectivity index (χ0v) is 10.6. The predicted molar refractivity (Wildman–Crippen MR) is 74.0 cm³/mol. The Hall–Kier alpha value is -2.03. The van der Waals surface area contributed by atoms with Gasteiger partial charge in [0.25, 0.3) is 0 Å². The molecular formula is C15H17FN2. The standard InChI is InChI=1S/C15H17FN2/c1-10-3-8-14(17)9-15(10)18-11(2)12-4-6-13(16)7-5-12/h3-9,11,18H,17H2,1-2H3. The fourth-order valence-corrected chi connectivity index (χ4v) is 1.86.